The van der Waals surface area contributed by atoms with E-state index in [1.165, 1.54) is 19.1 Å². The summed E-state index contributed by atoms with van der Waals surface area (Å²) in [6.07, 6.45) is 3.34. The van der Waals surface area contributed by atoms with Crippen LogP contribution in [0.1, 0.15) is 17.3 Å². The Kier molecular flexibility index (Phi) is 5.20. The van der Waals surface area contributed by atoms with Crippen LogP contribution < -0.4 is 9.80 Å². The molecule has 2 heterocycles. The van der Waals surface area contributed by atoms with Gasteiger partial charge in [-0.25, -0.2) is 13.8 Å². The lowest BCUT2D eigenvalue weighted by molar-refractivity contribution is 0.101. The van der Waals surface area contributed by atoms with E-state index in [9.17, 15) is 13.6 Å². The van der Waals surface area contributed by atoms with Crippen LogP contribution in [-0.2, 0) is 0 Å². The van der Waals surface area contributed by atoms with Crippen molar-refractivity contribution in [3.63, 3.8) is 0 Å². The minimum absolute atomic E-state index is 0.0252. The van der Waals surface area contributed by atoms with E-state index in [0.29, 0.717) is 48.9 Å². The van der Waals surface area contributed by atoms with Gasteiger partial charge in [0.2, 0.25) is 0 Å². The fourth-order valence-electron chi connectivity index (χ4n) is 3.57. The van der Waals surface area contributed by atoms with Crippen LogP contribution in [0.15, 0.2) is 54.9 Å². The number of nitrogens with zero attached hydrogens (tertiary/aromatic N) is 4. The highest BCUT2D eigenvalue weighted by Crippen LogP contribution is 2.26. The minimum Gasteiger partial charge on any atom is -0.366 e. The first-order valence-electron chi connectivity index (χ1n) is 9.40. The molecule has 0 aliphatic carbocycles. The van der Waals surface area contributed by atoms with Gasteiger partial charge in [0.1, 0.15) is 17.5 Å². The van der Waals surface area contributed by atoms with Crippen LogP contribution in [0.2, 0.25) is 0 Å². The Balaban J connectivity index is 1.53. The summed E-state index contributed by atoms with van der Waals surface area (Å²) >= 11 is 0. The third-order valence-corrected chi connectivity index (χ3v) is 5.06. The number of hydrogen-bond acceptors (Lipinski definition) is 5. The standard InChI is InChI=1S/C22H20F2N4O/c1-15(29)17-4-2-3-5-18(17)20-13-25-14-22(26-20)28-10-8-27(9-11-28)21-7-6-16(23)12-19(21)24/h2-7,12-14H,8-11H2,1H3. The van der Waals surface area contributed by atoms with Crippen LogP contribution in [0.3, 0.4) is 0 Å². The number of carbonyl (C=O) groups excluding carboxylic acids is 1. The van der Waals surface area contributed by atoms with E-state index in [1.807, 2.05) is 23.1 Å². The Morgan fingerprint density at radius 2 is 1.69 bits per heavy atom. The highest BCUT2D eigenvalue weighted by molar-refractivity contribution is 6.00. The molecular formula is C22H20F2N4O. The van der Waals surface area contributed by atoms with E-state index in [1.54, 1.807) is 18.5 Å². The van der Waals surface area contributed by atoms with Crippen molar-refractivity contribution in [2.45, 2.75) is 6.92 Å². The van der Waals surface area contributed by atoms with E-state index in [0.717, 1.165) is 11.6 Å². The normalized spacial score (nSPS) is 14.2. The number of anilines is 2. The molecule has 148 valence electrons. The highest BCUT2D eigenvalue weighted by atomic mass is 19.1. The van der Waals surface area contributed by atoms with Crippen LogP contribution in [-0.4, -0.2) is 41.9 Å². The monoisotopic (exact) mass is 394 g/mol. The van der Waals surface area contributed by atoms with Crippen molar-refractivity contribution >= 4 is 17.3 Å². The molecule has 2 aromatic carbocycles. The SMILES string of the molecule is CC(=O)c1ccccc1-c1cncc(N2CCN(c3ccc(F)cc3F)CC2)n1. The molecule has 29 heavy (non-hydrogen) atoms. The lowest BCUT2D eigenvalue weighted by Gasteiger charge is -2.36. The Labute approximate surface area is 167 Å². The number of rotatable bonds is 4. The lowest BCUT2D eigenvalue weighted by Crippen LogP contribution is -2.47. The second kappa shape index (κ2) is 7.95. The maximum absolute atomic E-state index is 14.1. The van der Waals surface area contributed by atoms with Crippen molar-refractivity contribution < 1.29 is 13.6 Å². The summed E-state index contributed by atoms with van der Waals surface area (Å²) in [7, 11) is 0. The maximum atomic E-state index is 14.1. The number of benzene rings is 2. The number of ketones is 1. The third-order valence-electron chi connectivity index (χ3n) is 5.06. The second-order valence-corrected chi connectivity index (χ2v) is 6.93. The van der Waals surface area contributed by atoms with Crippen molar-refractivity contribution in [2.24, 2.45) is 0 Å². The first kappa shape index (κ1) is 19.0. The van der Waals surface area contributed by atoms with Gasteiger partial charge in [-0.1, -0.05) is 24.3 Å². The van der Waals surface area contributed by atoms with Gasteiger partial charge in [0.25, 0.3) is 0 Å². The van der Waals surface area contributed by atoms with Gasteiger partial charge in [0.15, 0.2) is 5.78 Å². The van der Waals surface area contributed by atoms with E-state index >= 15 is 0 Å². The van der Waals surface area contributed by atoms with Gasteiger partial charge in [-0.2, -0.15) is 0 Å². The Morgan fingerprint density at radius 1 is 0.966 bits per heavy atom. The van der Waals surface area contributed by atoms with Crippen LogP contribution in [0, 0.1) is 11.6 Å². The smallest absolute Gasteiger partial charge is 0.160 e. The van der Waals surface area contributed by atoms with Gasteiger partial charge in [-0.15, -0.1) is 0 Å². The first-order valence-corrected chi connectivity index (χ1v) is 9.40. The van der Waals surface area contributed by atoms with Crippen LogP contribution in [0.4, 0.5) is 20.3 Å². The van der Waals surface area contributed by atoms with E-state index < -0.39 is 11.6 Å². The van der Waals surface area contributed by atoms with E-state index in [4.69, 9.17) is 4.98 Å². The number of piperazine rings is 1. The zero-order valence-corrected chi connectivity index (χ0v) is 16.0. The summed E-state index contributed by atoms with van der Waals surface area (Å²) in [5.41, 5.74) is 2.40. The molecule has 1 fully saturated rings. The van der Waals surface area contributed by atoms with Crippen LogP contribution in [0.5, 0.6) is 0 Å². The van der Waals surface area contributed by atoms with Crippen molar-refractivity contribution in [1.29, 1.82) is 0 Å². The van der Waals surface area contributed by atoms with Gasteiger partial charge in [0, 0.05) is 43.4 Å². The van der Waals surface area contributed by atoms with Crippen LogP contribution >= 0.6 is 0 Å². The summed E-state index contributed by atoms with van der Waals surface area (Å²) < 4.78 is 27.2. The molecule has 1 aliphatic heterocycles. The number of hydrogen-bond donors (Lipinski definition) is 0. The quantitative estimate of drug-likeness (QED) is 0.627. The molecule has 4 rings (SSSR count). The average Bonchev–Trinajstić information content (AvgIpc) is 2.74. The summed E-state index contributed by atoms with van der Waals surface area (Å²) in [5, 5.41) is 0. The summed E-state index contributed by atoms with van der Waals surface area (Å²) in [6.45, 7) is 3.95. The number of aromatic nitrogens is 2. The molecule has 0 unspecified atom stereocenters. The van der Waals surface area contributed by atoms with Gasteiger partial charge in [-0.3, -0.25) is 9.78 Å². The lowest BCUT2D eigenvalue weighted by atomic mass is 10.0. The molecule has 0 radical (unpaired) electrons. The fourth-order valence-corrected chi connectivity index (χ4v) is 3.57. The molecule has 0 amide bonds. The maximum Gasteiger partial charge on any atom is 0.160 e. The predicted octanol–water partition coefficient (Wildman–Crippen LogP) is 3.95. The largest absolute Gasteiger partial charge is 0.366 e. The molecule has 1 aromatic heterocycles. The van der Waals surface area contributed by atoms with Gasteiger partial charge in [-0.05, 0) is 19.1 Å². The second-order valence-electron chi connectivity index (χ2n) is 6.93. The molecule has 1 saturated heterocycles. The minimum atomic E-state index is -0.581. The van der Waals surface area contributed by atoms with Crippen LogP contribution in [0.25, 0.3) is 11.3 Å². The topological polar surface area (TPSA) is 49.3 Å². The summed E-state index contributed by atoms with van der Waals surface area (Å²) in [5.74, 6) is -0.452. The van der Waals surface area contributed by atoms with Gasteiger partial charge < -0.3 is 9.80 Å². The first-order chi connectivity index (χ1) is 14.0. The van der Waals surface area contributed by atoms with Crippen molar-refractivity contribution in [2.75, 3.05) is 36.0 Å². The molecule has 0 spiro atoms. The van der Waals surface area contributed by atoms with Gasteiger partial charge >= 0.3 is 0 Å². The molecule has 3 aromatic rings. The zero-order valence-electron chi connectivity index (χ0n) is 16.0. The molecule has 7 heteroatoms. The highest BCUT2D eigenvalue weighted by Gasteiger charge is 2.21. The average molecular weight is 394 g/mol. The van der Waals surface area contributed by atoms with Crippen molar-refractivity contribution in [1.82, 2.24) is 9.97 Å². The molecule has 0 bridgehead atoms. The predicted molar refractivity (Wildman–Crippen MR) is 108 cm³/mol. The molecule has 0 atom stereocenters. The molecule has 0 saturated carbocycles. The zero-order chi connectivity index (χ0) is 20.4. The molecule has 5 nitrogen and oxygen atoms in total. The van der Waals surface area contributed by atoms with Crippen molar-refractivity contribution in [3.05, 3.63) is 72.1 Å². The Morgan fingerprint density at radius 3 is 2.41 bits per heavy atom. The van der Waals surface area contributed by atoms with Gasteiger partial charge in [0.05, 0.1) is 23.8 Å². The Bertz CT molecular complexity index is 1050. The fraction of sp³-hybridized carbons (Fsp3) is 0.227. The number of halogens is 2. The van der Waals surface area contributed by atoms with E-state index in [2.05, 4.69) is 9.88 Å². The molecular weight excluding hydrogens is 374 g/mol. The number of carbonyl (C=O) groups is 1. The number of Topliss-reactive ketones (excluding diaryl/α,β-unsaturated/α-hetero) is 1. The Hall–Kier alpha value is -3.35. The van der Waals surface area contributed by atoms with E-state index in [-0.39, 0.29) is 5.78 Å². The summed E-state index contributed by atoms with van der Waals surface area (Å²) in [6, 6.07) is 11.0. The molecule has 0 N–H and O–H groups in total. The third kappa shape index (κ3) is 3.94. The molecule has 1 aliphatic rings. The summed E-state index contributed by atoms with van der Waals surface area (Å²) in [4.78, 5) is 24.9. The van der Waals surface area contributed by atoms with Crippen molar-refractivity contribution in [3.8, 4) is 11.3 Å².